The average molecular weight is 438 g/mol. The molecule has 1 aliphatic rings. The highest BCUT2D eigenvalue weighted by atomic mass is 15.2. The summed E-state index contributed by atoms with van der Waals surface area (Å²) in [7, 11) is 1.92. The number of aromatic amines is 1. The van der Waals surface area contributed by atoms with E-state index in [1.54, 1.807) is 0 Å². The molecular weight excluding hydrogens is 406 g/mol. The minimum Gasteiger partial charge on any atom is -0.371 e. The van der Waals surface area contributed by atoms with Crippen LogP contribution < -0.4 is 11.1 Å². The van der Waals surface area contributed by atoms with Gasteiger partial charge in [-0.3, -0.25) is 10.1 Å². The molecule has 5 heteroatoms. The molecule has 2 heterocycles. The van der Waals surface area contributed by atoms with Gasteiger partial charge in [0.25, 0.3) is 0 Å². The zero-order chi connectivity index (χ0) is 23.0. The Morgan fingerprint density at radius 1 is 0.939 bits per heavy atom. The van der Waals surface area contributed by atoms with E-state index >= 15 is 0 Å². The summed E-state index contributed by atoms with van der Waals surface area (Å²) in [5.74, 6) is 0.925. The largest absolute Gasteiger partial charge is 0.371 e. The van der Waals surface area contributed by atoms with Gasteiger partial charge in [-0.1, -0.05) is 68.4 Å². The molecule has 0 unspecified atom stereocenters. The lowest BCUT2D eigenvalue weighted by Crippen LogP contribution is -2.34. The number of pyridine rings is 1. The number of nitrogens with one attached hydrogen (secondary N) is 2. The van der Waals surface area contributed by atoms with Crippen LogP contribution in [0, 0.1) is 0 Å². The Balaban J connectivity index is 1.67. The van der Waals surface area contributed by atoms with Crippen molar-refractivity contribution in [2.45, 2.75) is 45.1 Å². The minimum absolute atomic E-state index is 0.286. The Kier molecular flexibility index (Phi) is 5.51. The summed E-state index contributed by atoms with van der Waals surface area (Å²) in [5.41, 5.74) is 16.5. The Labute approximate surface area is 195 Å². The van der Waals surface area contributed by atoms with E-state index in [1.165, 1.54) is 11.1 Å². The van der Waals surface area contributed by atoms with Gasteiger partial charge in [0.05, 0.1) is 17.1 Å². The maximum Gasteiger partial charge on any atom is 0.151 e. The van der Waals surface area contributed by atoms with Gasteiger partial charge in [-0.05, 0) is 42.9 Å². The monoisotopic (exact) mass is 437 g/mol. The maximum absolute atomic E-state index is 6.65. The number of aryl methyl sites for hydroxylation is 1. The van der Waals surface area contributed by atoms with Crippen molar-refractivity contribution < 1.29 is 0 Å². The molecule has 33 heavy (non-hydrogen) atoms. The maximum atomic E-state index is 6.65. The van der Waals surface area contributed by atoms with Crippen LogP contribution in [0.5, 0.6) is 0 Å². The topological polar surface area (TPSA) is 79.6 Å². The van der Waals surface area contributed by atoms with E-state index in [0.717, 1.165) is 70.8 Å². The molecule has 0 saturated heterocycles. The lowest BCUT2D eigenvalue weighted by molar-refractivity contribution is 0.413. The molecule has 0 amide bonds. The fourth-order valence-corrected chi connectivity index (χ4v) is 4.92. The number of anilines is 1. The SMILES string of the molecule is CCC(N)(CC)c1ccc(-c2nc3c(cc2-c2ccccc2)-c2[nH]nc(NC)c2CC3)cc1. The van der Waals surface area contributed by atoms with Crippen molar-refractivity contribution in [1.29, 1.82) is 0 Å². The van der Waals surface area contributed by atoms with Gasteiger partial charge in [-0.15, -0.1) is 0 Å². The molecule has 0 spiro atoms. The number of rotatable bonds is 6. The fourth-order valence-electron chi connectivity index (χ4n) is 4.92. The van der Waals surface area contributed by atoms with Crippen LogP contribution in [-0.2, 0) is 18.4 Å². The van der Waals surface area contributed by atoms with Crippen LogP contribution in [0.1, 0.15) is 43.5 Å². The number of nitrogens with zero attached hydrogens (tertiary/aromatic N) is 2. The number of hydrogen-bond acceptors (Lipinski definition) is 4. The van der Waals surface area contributed by atoms with E-state index in [-0.39, 0.29) is 5.54 Å². The minimum atomic E-state index is -0.286. The van der Waals surface area contributed by atoms with E-state index < -0.39 is 0 Å². The van der Waals surface area contributed by atoms with Gasteiger partial charge in [-0.25, -0.2) is 0 Å². The molecule has 168 valence electrons. The second kappa shape index (κ2) is 8.49. The molecule has 4 aromatic rings. The Morgan fingerprint density at radius 2 is 1.67 bits per heavy atom. The van der Waals surface area contributed by atoms with Crippen molar-refractivity contribution in [1.82, 2.24) is 15.2 Å². The normalized spacial score (nSPS) is 12.8. The van der Waals surface area contributed by atoms with E-state index in [1.807, 2.05) is 13.1 Å². The average Bonchev–Trinajstić information content (AvgIpc) is 3.32. The molecule has 5 nitrogen and oxygen atoms in total. The standard InChI is InChI=1S/C28H31N5/c1-4-28(29,5-2)20-13-11-19(12-14-20)25-22(18-9-7-6-8-10-18)17-23-24(31-25)16-15-21-26(23)32-33-27(21)30-3/h6-14,17H,4-5,15-16,29H2,1-3H3,(H2,30,32,33). The smallest absolute Gasteiger partial charge is 0.151 e. The fraction of sp³-hybridized carbons (Fsp3) is 0.286. The molecule has 2 aromatic heterocycles. The highest BCUT2D eigenvalue weighted by molar-refractivity contribution is 5.86. The Hall–Kier alpha value is -3.44. The number of benzene rings is 2. The first kappa shape index (κ1) is 21.4. The Bertz CT molecular complexity index is 1270. The summed E-state index contributed by atoms with van der Waals surface area (Å²) in [4.78, 5) is 5.23. The van der Waals surface area contributed by atoms with E-state index in [2.05, 4.69) is 84.0 Å². The number of fused-ring (bicyclic) bond motifs is 3. The first-order chi connectivity index (χ1) is 16.1. The van der Waals surface area contributed by atoms with Gasteiger partial charge in [0, 0.05) is 34.8 Å². The summed E-state index contributed by atoms with van der Waals surface area (Å²) < 4.78 is 0. The third-order valence-electron chi connectivity index (χ3n) is 7.17. The van der Waals surface area contributed by atoms with Crippen LogP contribution in [0.3, 0.4) is 0 Å². The van der Waals surface area contributed by atoms with Crippen LogP contribution >= 0.6 is 0 Å². The van der Waals surface area contributed by atoms with Crippen LogP contribution in [-0.4, -0.2) is 22.2 Å². The molecular formula is C28H31N5. The molecule has 0 fully saturated rings. The lowest BCUT2D eigenvalue weighted by Gasteiger charge is -2.27. The number of aromatic nitrogens is 3. The van der Waals surface area contributed by atoms with Gasteiger partial charge in [0.2, 0.25) is 0 Å². The van der Waals surface area contributed by atoms with Crippen molar-refractivity contribution in [3.63, 3.8) is 0 Å². The molecule has 2 aromatic carbocycles. The van der Waals surface area contributed by atoms with Crippen molar-refractivity contribution in [2.24, 2.45) is 5.73 Å². The van der Waals surface area contributed by atoms with Gasteiger partial charge < -0.3 is 11.1 Å². The molecule has 0 radical (unpaired) electrons. The van der Waals surface area contributed by atoms with E-state index in [0.29, 0.717) is 0 Å². The second-order valence-corrected chi connectivity index (χ2v) is 8.86. The summed E-state index contributed by atoms with van der Waals surface area (Å²) in [6, 6.07) is 21.5. The summed E-state index contributed by atoms with van der Waals surface area (Å²) in [6.45, 7) is 4.30. The number of H-pyrrole nitrogens is 1. The van der Waals surface area contributed by atoms with Gasteiger partial charge in [-0.2, -0.15) is 5.10 Å². The molecule has 4 N–H and O–H groups in total. The van der Waals surface area contributed by atoms with Gasteiger partial charge in [0.1, 0.15) is 0 Å². The predicted octanol–water partition coefficient (Wildman–Crippen LogP) is 5.92. The van der Waals surface area contributed by atoms with Crippen LogP contribution in [0.4, 0.5) is 5.82 Å². The van der Waals surface area contributed by atoms with Crippen molar-refractivity contribution >= 4 is 5.82 Å². The molecule has 0 aliphatic heterocycles. The predicted molar refractivity (Wildman–Crippen MR) is 136 cm³/mol. The Morgan fingerprint density at radius 3 is 2.33 bits per heavy atom. The highest BCUT2D eigenvalue weighted by Crippen LogP contribution is 2.40. The van der Waals surface area contributed by atoms with Crippen molar-refractivity contribution in [3.8, 4) is 33.6 Å². The van der Waals surface area contributed by atoms with E-state index in [9.17, 15) is 0 Å². The number of nitrogens with two attached hydrogens (primary N) is 1. The summed E-state index contributed by atoms with van der Waals surface area (Å²) >= 11 is 0. The zero-order valence-electron chi connectivity index (χ0n) is 19.6. The van der Waals surface area contributed by atoms with Crippen LogP contribution in [0.2, 0.25) is 0 Å². The third-order valence-corrected chi connectivity index (χ3v) is 7.17. The second-order valence-electron chi connectivity index (χ2n) is 8.86. The quantitative estimate of drug-likeness (QED) is 0.350. The first-order valence-electron chi connectivity index (χ1n) is 11.8. The number of hydrogen-bond donors (Lipinski definition) is 3. The molecule has 0 saturated carbocycles. The van der Waals surface area contributed by atoms with Crippen LogP contribution in [0.15, 0.2) is 60.7 Å². The molecule has 1 aliphatic carbocycles. The van der Waals surface area contributed by atoms with Crippen LogP contribution in [0.25, 0.3) is 33.6 Å². The first-order valence-corrected chi connectivity index (χ1v) is 11.8. The highest BCUT2D eigenvalue weighted by Gasteiger charge is 2.26. The molecule has 0 bridgehead atoms. The summed E-state index contributed by atoms with van der Waals surface area (Å²) in [6.07, 6.45) is 3.65. The lowest BCUT2D eigenvalue weighted by atomic mass is 9.85. The zero-order valence-corrected chi connectivity index (χ0v) is 19.6. The van der Waals surface area contributed by atoms with Gasteiger partial charge >= 0.3 is 0 Å². The molecule has 5 rings (SSSR count). The van der Waals surface area contributed by atoms with Gasteiger partial charge in [0.15, 0.2) is 5.82 Å². The molecule has 0 atom stereocenters. The van der Waals surface area contributed by atoms with E-state index in [4.69, 9.17) is 10.7 Å². The van der Waals surface area contributed by atoms with Crippen molar-refractivity contribution in [3.05, 3.63) is 77.5 Å². The van der Waals surface area contributed by atoms with Crippen molar-refractivity contribution in [2.75, 3.05) is 12.4 Å². The summed E-state index contributed by atoms with van der Waals surface area (Å²) in [5, 5.41) is 10.9. The third kappa shape index (κ3) is 3.62.